The van der Waals surface area contributed by atoms with Gasteiger partial charge in [0.05, 0.1) is 6.33 Å². The topological polar surface area (TPSA) is 105 Å². The number of ether oxygens (including phenoxy) is 1. The smallest absolute Gasteiger partial charge is 0.173 e. The molecule has 0 aliphatic carbocycles. The van der Waals surface area contributed by atoms with E-state index in [9.17, 15) is 14.6 Å². The van der Waals surface area contributed by atoms with E-state index in [-0.39, 0.29) is 0 Å². The number of nitrogens with zero attached hydrogens (tertiary/aromatic N) is 4. The van der Waals surface area contributed by atoms with Gasteiger partial charge < -0.3 is 15.2 Å². The van der Waals surface area contributed by atoms with Gasteiger partial charge in [0.2, 0.25) is 0 Å². The molecule has 1 fully saturated rings. The molecule has 9 heteroatoms. The number of nitrogens with one attached hydrogen (secondary N) is 1. The van der Waals surface area contributed by atoms with Crippen LogP contribution in [0.3, 0.4) is 0 Å². The summed E-state index contributed by atoms with van der Waals surface area (Å²) < 4.78 is 21.7. The number of anilines is 1. The first-order valence-electron chi connectivity index (χ1n) is 10.3. The third-order valence-electron chi connectivity index (χ3n) is 5.49. The van der Waals surface area contributed by atoms with Crippen molar-refractivity contribution in [1.29, 1.82) is 0 Å². The Kier molecular flexibility index (Phi) is 5.52. The summed E-state index contributed by atoms with van der Waals surface area (Å²) in [5.74, 6) is 0.926. The number of alkyl halides is 1. The minimum absolute atomic E-state index is 0.348. The van der Waals surface area contributed by atoms with E-state index < -0.39 is 31.2 Å². The van der Waals surface area contributed by atoms with Gasteiger partial charge >= 0.3 is 0 Å². The molecule has 8 nitrogen and oxygen atoms in total. The fraction of sp³-hybridized carbons (Fsp3) is 0.261. The molecule has 2 aromatic heterocycles. The molecule has 1 aliphatic heterocycles. The number of aliphatic hydroxyl groups excluding tert-OH is 1. The average molecular weight is 434 g/mol. The van der Waals surface area contributed by atoms with Gasteiger partial charge in [-0.05, 0) is 5.56 Å². The van der Waals surface area contributed by atoms with Crippen LogP contribution in [0, 0.1) is 0 Å². The summed E-state index contributed by atoms with van der Waals surface area (Å²) in [5, 5.41) is 24.6. The zero-order valence-corrected chi connectivity index (χ0v) is 17.0. The summed E-state index contributed by atoms with van der Waals surface area (Å²) in [6.07, 6.45) is -4.20. The Labute approximate surface area is 183 Å². The van der Waals surface area contributed by atoms with E-state index in [0.29, 0.717) is 29.4 Å². The molecule has 2 aromatic carbocycles. The van der Waals surface area contributed by atoms with Crippen molar-refractivity contribution in [1.82, 2.24) is 19.5 Å². The molecule has 4 aromatic rings. The van der Waals surface area contributed by atoms with Crippen molar-refractivity contribution in [3.8, 4) is 11.4 Å². The first-order chi connectivity index (χ1) is 15.7. The lowest BCUT2D eigenvalue weighted by molar-refractivity contribution is -0.0593. The molecule has 1 saturated heterocycles. The van der Waals surface area contributed by atoms with Gasteiger partial charge in [0, 0.05) is 12.1 Å². The van der Waals surface area contributed by atoms with E-state index in [1.54, 1.807) is 0 Å². The van der Waals surface area contributed by atoms with Crippen molar-refractivity contribution in [2.75, 3.05) is 11.9 Å². The van der Waals surface area contributed by atoms with Gasteiger partial charge in [0.1, 0.15) is 18.8 Å². The summed E-state index contributed by atoms with van der Waals surface area (Å²) >= 11 is 0. The van der Waals surface area contributed by atoms with Crippen molar-refractivity contribution in [2.45, 2.75) is 31.2 Å². The number of hydrogen-bond acceptors (Lipinski definition) is 6. The molecule has 0 amide bonds. The summed E-state index contributed by atoms with van der Waals surface area (Å²) in [6.45, 7) is -0.227. The van der Waals surface area contributed by atoms with Crippen LogP contribution in [0.4, 0.5) is 10.2 Å². The molecule has 0 unspecified atom stereocenters. The number of rotatable bonds is 6. The summed E-state index contributed by atoms with van der Waals surface area (Å²) in [5.41, 5.74) is 2.63. The maximum atomic E-state index is 14.8. The number of aliphatic hydroxyl groups is 1. The maximum Gasteiger partial charge on any atom is 0.173 e. The van der Waals surface area contributed by atoms with E-state index in [1.807, 2.05) is 60.7 Å². The van der Waals surface area contributed by atoms with E-state index in [4.69, 9.17) is 4.74 Å². The van der Waals surface area contributed by atoms with Gasteiger partial charge in [-0.15, -0.1) is 0 Å². The van der Waals surface area contributed by atoms with Crippen LogP contribution >= 0.6 is 0 Å². The number of imidazole rings is 1. The van der Waals surface area contributed by atoms with Gasteiger partial charge in [-0.25, -0.2) is 24.4 Å². The number of aromatic nitrogens is 4. The minimum atomic E-state index is -1.78. The normalized spacial score (nSPS) is 23.0. The highest BCUT2D eigenvalue weighted by atomic mass is 19.1. The van der Waals surface area contributed by atoms with Crippen LogP contribution in [0.2, 0.25) is 0 Å². The number of benzene rings is 2. The highest BCUT2D eigenvalue weighted by Gasteiger charge is 2.45. The molecular formula is C23H21FN5O3. The van der Waals surface area contributed by atoms with E-state index in [1.165, 1.54) is 10.9 Å². The predicted octanol–water partition coefficient (Wildman–Crippen LogP) is 3.13. The Bertz CT molecular complexity index is 1200. The second kappa shape index (κ2) is 8.62. The molecule has 2 N–H and O–H groups in total. The number of halogens is 1. The van der Waals surface area contributed by atoms with Gasteiger partial charge in [-0.3, -0.25) is 4.57 Å². The Morgan fingerprint density at radius 1 is 1.06 bits per heavy atom. The lowest BCUT2D eigenvalue weighted by Crippen LogP contribution is -2.30. The molecule has 0 spiro atoms. The monoisotopic (exact) mass is 434 g/mol. The number of fused-ring (bicyclic) bond motifs is 1. The fourth-order valence-electron chi connectivity index (χ4n) is 3.79. The molecule has 3 heterocycles. The minimum Gasteiger partial charge on any atom is -0.387 e. The van der Waals surface area contributed by atoms with Crippen molar-refractivity contribution in [3.63, 3.8) is 0 Å². The molecule has 1 radical (unpaired) electrons. The van der Waals surface area contributed by atoms with Crippen LogP contribution in [-0.4, -0.2) is 49.6 Å². The molecule has 163 valence electrons. The van der Waals surface area contributed by atoms with Crippen molar-refractivity contribution < 1.29 is 19.3 Å². The standard InChI is InChI=1S/C23H21FN5O3/c24-17-19(31)16(12-30)32-23(17)29-13-26-18-21(25-11-14-7-3-1-4-8-14)27-20(28-22(18)29)15-9-5-2-6-10-15/h1-10,13,16-17,19,23,31H,11-12H2,(H,25,27,28)/t16-,17+,19-,23-/m1/s1. The third-order valence-corrected chi connectivity index (χ3v) is 5.49. The van der Waals surface area contributed by atoms with Crippen LogP contribution in [0.25, 0.3) is 22.6 Å². The van der Waals surface area contributed by atoms with Gasteiger partial charge in [-0.2, -0.15) is 0 Å². The van der Waals surface area contributed by atoms with Crippen LogP contribution < -0.4 is 5.32 Å². The molecule has 1 aliphatic rings. The Hall–Kier alpha value is -3.40. The molecule has 5 rings (SSSR count). The molecule has 32 heavy (non-hydrogen) atoms. The summed E-state index contributed by atoms with van der Waals surface area (Å²) in [6, 6.07) is 19.2. The Morgan fingerprint density at radius 2 is 1.78 bits per heavy atom. The van der Waals surface area contributed by atoms with Crippen LogP contribution in [0.5, 0.6) is 0 Å². The van der Waals surface area contributed by atoms with Crippen LogP contribution in [-0.2, 0) is 16.4 Å². The van der Waals surface area contributed by atoms with E-state index >= 15 is 0 Å². The average Bonchev–Trinajstić information content (AvgIpc) is 3.39. The molecule has 0 bridgehead atoms. The Morgan fingerprint density at radius 3 is 2.47 bits per heavy atom. The van der Waals surface area contributed by atoms with Gasteiger partial charge in [0.25, 0.3) is 0 Å². The summed E-state index contributed by atoms with van der Waals surface area (Å²) in [7, 11) is 0. The molecular weight excluding hydrogens is 413 g/mol. The molecule has 0 saturated carbocycles. The van der Waals surface area contributed by atoms with Gasteiger partial charge in [0.15, 0.2) is 35.2 Å². The maximum absolute atomic E-state index is 14.8. The lowest BCUT2D eigenvalue weighted by Gasteiger charge is -2.16. The zero-order chi connectivity index (χ0) is 22.1. The van der Waals surface area contributed by atoms with E-state index in [0.717, 1.165) is 11.1 Å². The molecule has 4 atom stereocenters. The van der Waals surface area contributed by atoms with Crippen LogP contribution in [0.1, 0.15) is 11.8 Å². The van der Waals surface area contributed by atoms with Crippen molar-refractivity contribution in [3.05, 3.63) is 72.6 Å². The lowest BCUT2D eigenvalue weighted by atomic mass is 10.1. The largest absolute Gasteiger partial charge is 0.387 e. The Balaban J connectivity index is 1.58. The second-order valence-electron chi connectivity index (χ2n) is 7.59. The summed E-state index contributed by atoms with van der Waals surface area (Å²) in [4.78, 5) is 13.7. The highest BCUT2D eigenvalue weighted by molar-refractivity contribution is 5.85. The quantitative estimate of drug-likeness (QED) is 0.483. The van der Waals surface area contributed by atoms with Crippen molar-refractivity contribution >= 4 is 17.0 Å². The second-order valence-corrected chi connectivity index (χ2v) is 7.59. The zero-order valence-electron chi connectivity index (χ0n) is 17.0. The van der Waals surface area contributed by atoms with E-state index in [2.05, 4.69) is 20.3 Å². The highest BCUT2D eigenvalue weighted by Crippen LogP contribution is 2.35. The predicted molar refractivity (Wildman–Crippen MR) is 115 cm³/mol. The third kappa shape index (κ3) is 3.70. The number of hydrogen-bond donors (Lipinski definition) is 2. The fourth-order valence-corrected chi connectivity index (χ4v) is 3.79. The van der Waals surface area contributed by atoms with Gasteiger partial charge in [-0.1, -0.05) is 60.7 Å². The van der Waals surface area contributed by atoms with Crippen LogP contribution in [0.15, 0.2) is 67.0 Å². The van der Waals surface area contributed by atoms with Crippen molar-refractivity contribution in [2.24, 2.45) is 0 Å². The SMILES string of the molecule is [O]C[C@H]1O[C@@H](n2cnc3c(NCc4ccccc4)nc(-c4ccccc4)nc32)[C@@H](F)[C@@H]1O. The first-order valence-corrected chi connectivity index (χ1v) is 10.3. The first kappa shape index (κ1) is 20.5.